The van der Waals surface area contributed by atoms with Crippen LogP contribution in [-0.2, 0) is 13.0 Å². The van der Waals surface area contributed by atoms with Crippen molar-refractivity contribution < 1.29 is 5.11 Å². The summed E-state index contributed by atoms with van der Waals surface area (Å²) >= 11 is 4.08. The van der Waals surface area contributed by atoms with Gasteiger partial charge in [0.05, 0.1) is 6.61 Å². The molecule has 0 unspecified atom stereocenters. The molecule has 1 N–H and O–H groups in total. The fourth-order valence-electron chi connectivity index (χ4n) is 1.72. The minimum absolute atomic E-state index is 0.146. The minimum atomic E-state index is 0.146. The number of aryl methyl sites for hydroxylation is 1. The van der Waals surface area contributed by atoms with Crippen molar-refractivity contribution in [2.24, 2.45) is 0 Å². The van der Waals surface area contributed by atoms with Crippen LogP contribution < -0.4 is 0 Å². The van der Waals surface area contributed by atoms with Gasteiger partial charge in [0.2, 0.25) is 0 Å². The highest BCUT2D eigenvalue weighted by Crippen LogP contribution is 2.32. The number of halogens is 1. The monoisotopic (exact) mass is 318 g/mol. The van der Waals surface area contributed by atoms with E-state index in [9.17, 15) is 5.11 Å². The molecule has 0 amide bonds. The molecule has 2 rings (SSSR count). The summed E-state index contributed by atoms with van der Waals surface area (Å²) in [5.41, 5.74) is 2.37. The molecule has 0 saturated heterocycles. The number of aliphatic hydroxyl groups excluding tert-OH is 1. The average molecular weight is 318 g/mol. The molecular weight excluding hydrogens is 307 g/mol. The van der Waals surface area contributed by atoms with Crippen molar-refractivity contribution in [1.29, 1.82) is 0 Å². The Hall–Kier alpha value is -0.130. The van der Waals surface area contributed by atoms with Gasteiger partial charge in [0, 0.05) is 19.0 Å². The summed E-state index contributed by atoms with van der Waals surface area (Å²) < 4.78 is 2.53. The molecule has 0 fully saturated rings. The Bertz CT molecular complexity index is 462. The molecule has 1 nitrogen and oxygen atoms in total. The number of aliphatic hydroxyl groups is 1. The lowest BCUT2D eigenvalue weighted by atomic mass is 10.0. The average Bonchev–Trinajstić information content (AvgIpc) is 2.59. The molecule has 1 aromatic heterocycles. The third-order valence-electron chi connectivity index (χ3n) is 2.44. The maximum Gasteiger partial charge on any atom is 0.0691 e. The van der Waals surface area contributed by atoms with E-state index in [1.165, 1.54) is 19.2 Å². The molecule has 0 aliphatic carbocycles. The minimum Gasteiger partial charge on any atom is -0.392 e. The Balaban J connectivity index is 2.81. The second-order valence-corrected chi connectivity index (χ2v) is 5.25. The van der Waals surface area contributed by atoms with Gasteiger partial charge in [-0.15, -0.1) is 11.3 Å². The third kappa shape index (κ3) is 1.57. The van der Waals surface area contributed by atoms with Gasteiger partial charge in [-0.1, -0.05) is 13.0 Å². The first-order valence-corrected chi connectivity index (χ1v) is 6.52. The Kier molecular flexibility index (Phi) is 3.09. The molecule has 0 atom stereocenters. The van der Waals surface area contributed by atoms with Crippen LogP contribution in [0.2, 0.25) is 0 Å². The van der Waals surface area contributed by atoms with Crippen LogP contribution in [0.4, 0.5) is 0 Å². The van der Waals surface area contributed by atoms with Crippen LogP contribution in [0.5, 0.6) is 0 Å². The van der Waals surface area contributed by atoms with Gasteiger partial charge in [-0.3, -0.25) is 0 Å². The van der Waals surface area contributed by atoms with Crippen LogP contribution in [-0.4, -0.2) is 5.11 Å². The molecule has 3 heteroatoms. The number of hydrogen-bond acceptors (Lipinski definition) is 2. The number of hydrogen-bond donors (Lipinski definition) is 1. The van der Waals surface area contributed by atoms with E-state index in [-0.39, 0.29) is 6.61 Å². The maximum absolute atomic E-state index is 9.39. The molecule has 1 heterocycles. The Labute approximate surface area is 101 Å². The van der Waals surface area contributed by atoms with Crippen molar-refractivity contribution in [1.82, 2.24) is 0 Å². The van der Waals surface area contributed by atoms with Crippen LogP contribution >= 0.6 is 33.9 Å². The fraction of sp³-hybridized carbons (Fsp3) is 0.273. The molecule has 0 spiro atoms. The second kappa shape index (κ2) is 4.16. The van der Waals surface area contributed by atoms with Gasteiger partial charge in [0.1, 0.15) is 0 Å². The lowest BCUT2D eigenvalue weighted by molar-refractivity contribution is 0.282. The summed E-state index contributed by atoms with van der Waals surface area (Å²) in [6.07, 6.45) is 0.984. The summed E-state index contributed by atoms with van der Waals surface area (Å²) in [5.74, 6) is 0. The highest BCUT2D eigenvalue weighted by Gasteiger charge is 2.09. The number of benzene rings is 1. The van der Waals surface area contributed by atoms with Crippen LogP contribution in [0.25, 0.3) is 10.1 Å². The van der Waals surface area contributed by atoms with Crippen LogP contribution in [0.15, 0.2) is 17.5 Å². The predicted octanol–water partition coefficient (Wildman–Crippen LogP) is 3.56. The summed E-state index contributed by atoms with van der Waals surface area (Å²) in [7, 11) is 0. The first kappa shape index (κ1) is 10.4. The van der Waals surface area contributed by atoms with Crippen molar-refractivity contribution in [2.75, 3.05) is 0 Å². The quantitative estimate of drug-likeness (QED) is 0.840. The van der Waals surface area contributed by atoms with Crippen LogP contribution in [0.3, 0.4) is 0 Å². The lowest BCUT2D eigenvalue weighted by Crippen LogP contribution is -1.93. The zero-order chi connectivity index (χ0) is 10.1. The summed E-state index contributed by atoms with van der Waals surface area (Å²) in [4.78, 5) is 0. The molecule has 0 saturated carbocycles. The van der Waals surface area contributed by atoms with E-state index in [4.69, 9.17) is 0 Å². The van der Waals surface area contributed by atoms with E-state index in [0.717, 1.165) is 12.0 Å². The Morgan fingerprint density at radius 1 is 1.43 bits per heavy atom. The number of rotatable bonds is 2. The van der Waals surface area contributed by atoms with E-state index < -0.39 is 0 Å². The van der Waals surface area contributed by atoms with Gasteiger partial charge in [0.15, 0.2) is 0 Å². The van der Waals surface area contributed by atoms with Gasteiger partial charge >= 0.3 is 0 Å². The lowest BCUT2D eigenvalue weighted by Gasteiger charge is -2.06. The third-order valence-corrected chi connectivity index (χ3v) is 4.66. The highest BCUT2D eigenvalue weighted by atomic mass is 127. The van der Waals surface area contributed by atoms with Crippen molar-refractivity contribution in [3.63, 3.8) is 0 Å². The van der Waals surface area contributed by atoms with E-state index in [1.807, 2.05) is 0 Å². The normalized spacial score (nSPS) is 11.1. The Morgan fingerprint density at radius 2 is 2.21 bits per heavy atom. The van der Waals surface area contributed by atoms with E-state index >= 15 is 0 Å². The standard InChI is InChI=1S/C11H11IOS/c1-2-7-3-4-10-11(8(7)5-13)9(12)6-14-10/h3-4,6,13H,2,5H2,1H3. The van der Waals surface area contributed by atoms with E-state index in [0.29, 0.717) is 0 Å². The molecule has 0 bridgehead atoms. The molecule has 2 aromatic rings. The first-order valence-electron chi connectivity index (χ1n) is 4.56. The van der Waals surface area contributed by atoms with E-state index in [1.54, 1.807) is 11.3 Å². The fourth-order valence-corrected chi connectivity index (χ4v) is 3.74. The SMILES string of the molecule is CCc1ccc2scc(I)c2c1CO. The largest absolute Gasteiger partial charge is 0.392 e. The smallest absolute Gasteiger partial charge is 0.0691 e. The van der Waals surface area contributed by atoms with Crippen molar-refractivity contribution in [3.8, 4) is 0 Å². The zero-order valence-corrected chi connectivity index (χ0v) is 10.9. The summed E-state index contributed by atoms with van der Waals surface area (Å²) in [5, 5.41) is 12.8. The van der Waals surface area contributed by atoms with Gasteiger partial charge < -0.3 is 5.11 Å². The number of fused-ring (bicyclic) bond motifs is 1. The van der Waals surface area contributed by atoms with Crippen molar-refractivity contribution >= 4 is 44.0 Å². The molecule has 0 aliphatic rings. The summed E-state index contributed by atoms with van der Waals surface area (Å²) in [6, 6.07) is 4.28. The second-order valence-electron chi connectivity index (χ2n) is 3.17. The van der Waals surface area contributed by atoms with Crippen LogP contribution in [0, 0.1) is 3.57 Å². The van der Waals surface area contributed by atoms with Gasteiger partial charge in [0.25, 0.3) is 0 Å². The van der Waals surface area contributed by atoms with Gasteiger partial charge in [-0.25, -0.2) is 0 Å². The first-order chi connectivity index (χ1) is 6.77. The molecule has 74 valence electrons. The highest BCUT2D eigenvalue weighted by molar-refractivity contribution is 14.1. The summed E-state index contributed by atoms with van der Waals surface area (Å²) in [6.45, 7) is 2.27. The van der Waals surface area contributed by atoms with E-state index in [2.05, 4.69) is 47.0 Å². The Morgan fingerprint density at radius 3 is 2.86 bits per heavy atom. The van der Waals surface area contributed by atoms with Crippen LogP contribution in [0.1, 0.15) is 18.1 Å². The maximum atomic E-state index is 9.39. The van der Waals surface area contributed by atoms with Crippen molar-refractivity contribution in [2.45, 2.75) is 20.0 Å². The molecule has 14 heavy (non-hydrogen) atoms. The van der Waals surface area contributed by atoms with Gasteiger partial charge in [-0.2, -0.15) is 0 Å². The molecule has 0 radical (unpaired) electrons. The van der Waals surface area contributed by atoms with Gasteiger partial charge in [-0.05, 0) is 46.2 Å². The number of thiophene rings is 1. The zero-order valence-electron chi connectivity index (χ0n) is 7.88. The molecular formula is C11H11IOS. The molecule has 1 aromatic carbocycles. The topological polar surface area (TPSA) is 20.2 Å². The van der Waals surface area contributed by atoms with Crippen molar-refractivity contribution in [3.05, 3.63) is 32.2 Å². The predicted molar refractivity (Wildman–Crippen MR) is 69.8 cm³/mol. The molecule has 0 aliphatic heterocycles.